The summed E-state index contributed by atoms with van der Waals surface area (Å²) >= 11 is 3.56. The van der Waals surface area contributed by atoms with E-state index in [4.69, 9.17) is 0 Å². The van der Waals surface area contributed by atoms with Gasteiger partial charge in [-0.2, -0.15) is 0 Å². The van der Waals surface area contributed by atoms with Crippen LogP contribution in [0.1, 0.15) is 55.8 Å². The lowest BCUT2D eigenvalue weighted by Crippen LogP contribution is -2.26. The fourth-order valence-corrected chi connectivity index (χ4v) is 4.04. The van der Waals surface area contributed by atoms with Crippen molar-refractivity contribution in [1.82, 2.24) is 4.98 Å². The lowest BCUT2D eigenvalue weighted by Gasteiger charge is -2.29. The molecule has 1 heterocycles. The van der Waals surface area contributed by atoms with Gasteiger partial charge >= 0.3 is 0 Å². The molecule has 126 valence electrons. The summed E-state index contributed by atoms with van der Waals surface area (Å²) in [5.74, 6) is 1.29. The van der Waals surface area contributed by atoms with Crippen molar-refractivity contribution in [3.05, 3.63) is 34.4 Å². The molecule has 2 fully saturated rings. The Hall–Kier alpha value is -1.42. The normalized spacial score (nSPS) is 24.1. The van der Waals surface area contributed by atoms with E-state index in [2.05, 4.69) is 39.2 Å². The van der Waals surface area contributed by atoms with E-state index in [1.54, 1.807) is 6.20 Å². The minimum absolute atomic E-state index is 0.211. The van der Waals surface area contributed by atoms with Crippen molar-refractivity contribution in [3.8, 4) is 0 Å². The highest BCUT2D eigenvalue weighted by Gasteiger charge is 2.33. The lowest BCUT2D eigenvalue weighted by molar-refractivity contribution is 0.0968. The van der Waals surface area contributed by atoms with Crippen LogP contribution in [0.25, 0.3) is 10.9 Å². The molecular formula is C20H23BrN2O. The number of anilines is 1. The highest BCUT2D eigenvalue weighted by molar-refractivity contribution is 9.10. The smallest absolute Gasteiger partial charge is 0.169 e. The van der Waals surface area contributed by atoms with Crippen LogP contribution in [0.2, 0.25) is 0 Å². The first-order chi connectivity index (χ1) is 11.6. The van der Waals surface area contributed by atoms with Crippen LogP contribution in [-0.4, -0.2) is 16.8 Å². The summed E-state index contributed by atoms with van der Waals surface area (Å²) in [5.41, 5.74) is 2.72. The predicted molar refractivity (Wildman–Crippen MR) is 102 cm³/mol. The molecule has 1 aromatic carbocycles. The van der Waals surface area contributed by atoms with E-state index in [-0.39, 0.29) is 11.7 Å². The molecule has 0 spiro atoms. The quantitative estimate of drug-likeness (QED) is 0.697. The minimum atomic E-state index is 0.211. The molecule has 4 heteroatoms. The molecule has 1 N–H and O–H groups in total. The predicted octanol–water partition coefficient (Wildman–Crippen LogP) is 5.58. The summed E-state index contributed by atoms with van der Waals surface area (Å²) in [4.78, 5) is 17.3. The number of nitrogens with one attached hydrogen (secondary N) is 1. The third kappa shape index (κ3) is 3.21. The van der Waals surface area contributed by atoms with E-state index < -0.39 is 0 Å². The van der Waals surface area contributed by atoms with Crippen molar-refractivity contribution in [2.45, 2.75) is 51.5 Å². The summed E-state index contributed by atoms with van der Waals surface area (Å²) < 4.78 is 1.02. The van der Waals surface area contributed by atoms with E-state index in [1.165, 1.54) is 25.7 Å². The second-order valence-electron chi connectivity index (χ2n) is 7.45. The summed E-state index contributed by atoms with van der Waals surface area (Å²) in [6.07, 6.45) is 8.70. The van der Waals surface area contributed by atoms with Crippen molar-refractivity contribution < 1.29 is 4.79 Å². The monoisotopic (exact) mass is 386 g/mol. The van der Waals surface area contributed by atoms with Crippen LogP contribution >= 0.6 is 15.9 Å². The largest absolute Gasteiger partial charge is 0.381 e. The molecule has 0 amide bonds. The topological polar surface area (TPSA) is 42.0 Å². The van der Waals surface area contributed by atoms with Gasteiger partial charge in [-0.05, 0) is 62.6 Å². The van der Waals surface area contributed by atoms with Crippen molar-refractivity contribution in [2.75, 3.05) is 5.32 Å². The molecule has 0 saturated heterocycles. The summed E-state index contributed by atoms with van der Waals surface area (Å²) in [7, 11) is 0. The molecule has 0 aliphatic heterocycles. The third-order valence-corrected chi connectivity index (χ3v) is 5.90. The number of rotatable bonds is 4. The van der Waals surface area contributed by atoms with E-state index in [0.717, 1.165) is 45.4 Å². The number of carbonyl (C=O) groups excluding carboxylic acids is 1. The standard InChI is InChI=1S/C20H23BrN2O/c1-12-2-7-15(8-3-12)23-19-16-10-14(21)6-9-18(16)22-11-17(19)20(24)13-4-5-13/h6,9-13,15H,2-5,7-8H2,1H3,(H,22,23). The maximum Gasteiger partial charge on any atom is 0.169 e. The molecule has 2 aromatic rings. The van der Waals surface area contributed by atoms with Crippen molar-refractivity contribution >= 4 is 38.3 Å². The SMILES string of the molecule is CC1CCC(Nc2c(C(=O)C3CC3)cnc3ccc(Br)cc23)CC1. The van der Waals surface area contributed by atoms with Crippen molar-refractivity contribution in [1.29, 1.82) is 0 Å². The molecule has 0 unspecified atom stereocenters. The van der Waals surface area contributed by atoms with E-state index >= 15 is 0 Å². The number of ketones is 1. The van der Waals surface area contributed by atoms with Gasteiger partial charge in [-0.25, -0.2) is 0 Å². The van der Waals surface area contributed by atoms with Crippen molar-refractivity contribution in [2.24, 2.45) is 11.8 Å². The van der Waals surface area contributed by atoms with E-state index in [9.17, 15) is 4.79 Å². The zero-order valence-corrected chi connectivity index (χ0v) is 15.6. The minimum Gasteiger partial charge on any atom is -0.381 e. The number of Topliss-reactive ketones (excluding diaryl/α,β-unsaturated/α-hetero) is 1. The third-order valence-electron chi connectivity index (χ3n) is 5.41. The molecule has 1 aromatic heterocycles. The highest BCUT2D eigenvalue weighted by atomic mass is 79.9. The van der Waals surface area contributed by atoms with Gasteiger partial charge in [0.2, 0.25) is 0 Å². The number of benzene rings is 1. The Morgan fingerprint density at radius 1 is 1.17 bits per heavy atom. The Morgan fingerprint density at radius 3 is 2.62 bits per heavy atom. The van der Waals surface area contributed by atoms with Crippen LogP contribution in [0.15, 0.2) is 28.9 Å². The number of fused-ring (bicyclic) bond motifs is 1. The van der Waals surface area contributed by atoms with Gasteiger partial charge in [-0.15, -0.1) is 0 Å². The lowest BCUT2D eigenvalue weighted by atomic mass is 9.87. The maximum atomic E-state index is 12.8. The van der Waals surface area contributed by atoms with Gasteiger partial charge in [0.25, 0.3) is 0 Å². The Balaban J connectivity index is 1.75. The van der Waals surface area contributed by atoms with Crippen LogP contribution in [0.5, 0.6) is 0 Å². The summed E-state index contributed by atoms with van der Waals surface area (Å²) in [6, 6.07) is 6.55. The molecular weight excluding hydrogens is 364 g/mol. The molecule has 2 aliphatic rings. The zero-order valence-electron chi connectivity index (χ0n) is 14.0. The number of nitrogens with zero attached hydrogens (tertiary/aromatic N) is 1. The van der Waals surface area contributed by atoms with Gasteiger partial charge in [0.05, 0.1) is 16.8 Å². The fraction of sp³-hybridized carbons (Fsp3) is 0.500. The van der Waals surface area contributed by atoms with Crippen molar-refractivity contribution in [3.63, 3.8) is 0 Å². The zero-order chi connectivity index (χ0) is 16.7. The van der Waals surface area contributed by atoms with Gasteiger partial charge in [0.1, 0.15) is 0 Å². The van der Waals surface area contributed by atoms with Crippen LogP contribution in [0, 0.1) is 11.8 Å². The van der Waals surface area contributed by atoms with Crippen LogP contribution in [0.4, 0.5) is 5.69 Å². The first-order valence-electron chi connectivity index (χ1n) is 9.01. The molecule has 4 rings (SSSR count). The Morgan fingerprint density at radius 2 is 1.92 bits per heavy atom. The van der Waals surface area contributed by atoms with Crippen LogP contribution < -0.4 is 5.32 Å². The summed E-state index contributed by atoms with van der Waals surface area (Å²) in [5, 5.41) is 4.77. The number of pyridine rings is 1. The Labute approximate surface area is 151 Å². The molecule has 3 nitrogen and oxygen atoms in total. The van der Waals surface area contributed by atoms with Gasteiger partial charge in [0.15, 0.2) is 5.78 Å². The number of halogens is 1. The number of aromatic nitrogens is 1. The molecule has 2 saturated carbocycles. The molecule has 0 atom stereocenters. The van der Waals surface area contributed by atoms with E-state index in [1.807, 2.05) is 12.1 Å². The van der Waals surface area contributed by atoms with Gasteiger partial charge in [-0.1, -0.05) is 22.9 Å². The summed E-state index contributed by atoms with van der Waals surface area (Å²) in [6.45, 7) is 2.33. The van der Waals surface area contributed by atoms with Gasteiger partial charge < -0.3 is 5.32 Å². The first kappa shape index (κ1) is 16.1. The number of hydrogen-bond donors (Lipinski definition) is 1. The van der Waals surface area contributed by atoms with Gasteiger partial charge in [0, 0.05) is 28.0 Å². The molecule has 2 aliphatic carbocycles. The highest BCUT2D eigenvalue weighted by Crippen LogP contribution is 2.38. The molecule has 0 radical (unpaired) electrons. The second-order valence-corrected chi connectivity index (χ2v) is 8.36. The van der Waals surface area contributed by atoms with Gasteiger partial charge in [-0.3, -0.25) is 9.78 Å². The molecule has 0 bridgehead atoms. The average Bonchev–Trinajstić information content (AvgIpc) is 3.42. The molecule has 24 heavy (non-hydrogen) atoms. The number of hydrogen-bond acceptors (Lipinski definition) is 3. The number of carbonyl (C=O) groups is 1. The maximum absolute atomic E-state index is 12.8. The fourth-order valence-electron chi connectivity index (χ4n) is 3.68. The Bertz CT molecular complexity index is 777. The van der Waals surface area contributed by atoms with Crippen LogP contribution in [0.3, 0.4) is 0 Å². The van der Waals surface area contributed by atoms with Crippen LogP contribution in [-0.2, 0) is 0 Å². The Kier molecular flexibility index (Phi) is 4.33. The first-order valence-corrected chi connectivity index (χ1v) is 9.80. The second kappa shape index (κ2) is 6.47. The average molecular weight is 387 g/mol. The van der Waals surface area contributed by atoms with E-state index in [0.29, 0.717) is 6.04 Å².